The maximum atomic E-state index is 6.31. The molecule has 0 saturated carbocycles. The molecule has 0 aliphatic carbocycles. The Hall–Kier alpha value is -1.67. The van der Waals surface area contributed by atoms with Gasteiger partial charge in [-0.1, -0.05) is 90.1 Å². The summed E-state index contributed by atoms with van der Waals surface area (Å²) in [5, 5.41) is 0.456. The van der Waals surface area contributed by atoms with Gasteiger partial charge >= 0.3 is 0 Å². The van der Waals surface area contributed by atoms with Crippen LogP contribution in [-0.4, -0.2) is 16.6 Å². The second-order valence-corrected chi connectivity index (χ2v) is 21.9. The zero-order valence-corrected chi connectivity index (χ0v) is 25.1. The molecule has 0 aliphatic rings. The molecule has 0 atom stereocenters. The van der Waals surface area contributed by atoms with E-state index in [1.165, 1.54) is 11.1 Å². The molecule has 0 N–H and O–H groups in total. The molecule has 2 aromatic rings. The first kappa shape index (κ1) is 28.6. The molecule has 5 heteroatoms. The van der Waals surface area contributed by atoms with E-state index in [4.69, 9.17) is 13.6 Å². The van der Waals surface area contributed by atoms with E-state index in [0.29, 0.717) is 19.8 Å². The zero-order chi connectivity index (χ0) is 25.6. The Bertz CT molecular complexity index is 916. The van der Waals surface area contributed by atoms with Gasteiger partial charge in [0, 0.05) is 0 Å². The highest BCUT2D eigenvalue weighted by molar-refractivity contribution is 6.74. The molecule has 0 unspecified atom stereocenters. The monoisotopic (exact) mass is 498 g/mol. The Labute approximate surface area is 210 Å². The maximum absolute atomic E-state index is 6.31. The van der Waals surface area contributed by atoms with Crippen LogP contribution in [0, 0.1) is 0 Å². The molecule has 0 radical (unpaired) electrons. The van der Waals surface area contributed by atoms with E-state index in [1.807, 2.05) is 6.08 Å². The minimum atomic E-state index is -1.72. The molecule has 2 aromatic carbocycles. The number of ether oxygens (including phenoxy) is 1. The summed E-state index contributed by atoms with van der Waals surface area (Å²) >= 11 is 0. The van der Waals surface area contributed by atoms with Crippen LogP contribution in [0.5, 0.6) is 0 Å². The second-order valence-electron chi connectivity index (χ2n) is 12.3. The van der Waals surface area contributed by atoms with Crippen molar-refractivity contribution in [2.45, 2.75) is 97.6 Å². The minimum absolute atomic E-state index is 0.228. The van der Waals surface area contributed by atoms with Crippen LogP contribution < -0.4 is 0 Å². The lowest BCUT2D eigenvalue weighted by atomic mass is 10.1. The molecule has 0 heterocycles. The number of benzene rings is 2. The Morgan fingerprint density at radius 1 is 0.588 bits per heavy atom. The van der Waals surface area contributed by atoms with Crippen molar-refractivity contribution in [3.05, 3.63) is 77.0 Å². The molecule has 34 heavy (non-hydrogen) atoms. The molecule has 3 nitrogen and oxygen atoms in total. The largest absolute Gasteiger partial charge is 0.496 e. The lowest BCUT2D eigenvalue weighted by Crippen LogP contribution is -2.40. The van der Waals surface area contributed by atoms with Crippen molar-refractivity contribution in [3.63, 3.8) is 0 Å². The summed E-state index contributed by atoms with van der Waals surface area (Å²) in [7, 11) is -3.45. The van der Waals surface area contributed by atoms with Crippen LogP contribution in [0.1, 0.15) is 63.8 Å². The Balaban J connectivity index is 1.79. The Morgan fingerprint density at radius 2 is 0.941 bits per heavy atom. The Kier molecular flexibility index (Phi) is 9.56. The van der Waals surface area contributed by atoms with Crippen LogP contribution in [0.3, 0.4) is 0 Å². The van der Waals surface area contributed by atoms with E-state index in [9.17, 15) is 0 Å². The molecule has 0 spiro atoms. The summed E-state index contributed by atoms with van der Waals surface area (Å²) < 4.78 is 18.4. The molecular weight excluding hydrogens is 452 g/mol. The predicted octanol–water partition coefficient (Wildman–Crippen LogP) is 8.92. The topological polar surface area (TPSA) is 27.7 Å². The maximum Gasteiger partial charge on any atom is 0.192 e. The van der Waals surface area contributed by atoms with Crippen molar-refractivity contribution < 1.29 is 13.6 Å². The SMILES string of the molecule is CC(C)(C)[Si](C)(C)OCc1ccc(C=COCc2ccc(CO[Si](C)(C)C(C)(C)C)cc2)cc1. The fraction of sp³-hybridized carbons (Fsp3) is 0.517. The standard InChI is InChI=1S/C29H46O3Si2/c1-28(2,3)33(7,8)31-22-26-13-11-24(12-14-26)19-20-30-21-25-15-17-27(18-16-25)23-32-34(9,10)29(4,5)6/h11-20H,21-23H2,1-10H3. The van der Waals surface area contributed by atoms with Gasteiger partial charge in [0.15, 0.2) is 16.6 Å². The van der Waals surface area contributed by atoms with Gasteiger partial charge in [0.1, 0.15) is 6.61 Å². The average Bonchev–Trinajstić information content (AvgIpc) is 2.74. The summed E-state index contributed by atoms with van der Waals surface area (Å²) in [6, 6.07) is 17.0. The van der Waals surface area contributed by atoms with Gasteiger partial charge in [0.05, 0.1) is 19.5 Å². The van der Waals surface area contributed by atoms with Gasteiger partial charge in [-0.05, 0) is 64.6 Å². The van der Waals surface area contributed by atoms with Gasteiger partial charge in [-0.25, -0.2) is 0 Å². The number of hydrogen-bond acceptors (Lipinski definition) is 3. The van der Waals surface area contributed by atoms with Gasteiger partial charge in [0.2, 0.25) is 0 Å². The Morgan fingerprint density at radius 3 is 1.32 bits per heavy atom. The van der Waals surface area contributed by atoms with Crippen molar-refractivity contribution in [3.8, 4) is 0 Å². The van der Waals surface area contributed by atoms with E-state index >= 15 is 0 Å². The molecule has 0 bridgehead atoms. The fourth-order valence-corrected chi connectivity index (χ4v) is 4.61. The van der Waals surface area contributed by atoms with E-state index in [-0.39, 0.29) is 10.1 Å². The fourth-order valence-electron chi connectivity index (χ4n) is 2.69. The zero-order valence-electron chi connectivity index (χ0n) is 23.1. The molecule has 2 rings (SSSR count). The summed E-state index contributed by atoms with van der Waals surface area (Å²) in [6.07, 6.45) is 3.77. The molecule has 0 fully saturated rings. The van der Waals surface area contributed by atoms with Crippen molar-refractivity contribution in [2.24, 2.45) is 0 Å². The summed E-state index contributed by atoms with van der Waals surface area (Å²) in [5.41, 5.74) is 4.69. The molecular formula is C29H46O3Si2. The van der Waals surface area contributed by atoms with Crippen LogP contribution in [0.25, 0.3) is 6.08 Å². The van der Waals surface area contributed by atoms with Crippen molar-refractivity contribution in [1.82, 2.24) is 0 Å². The van der Waals surface area contributed by atoms with Crippen LogP contribution in [0.15, 0.2) is 54.8 Å². The third kappa shape index (κ3) is 8.52. The smallest absolute Gasteiger partial charge is 0.192 e. The highest BCUT2D eigenvalue weighted by Gasteiger charge is 2.37. The molecule has 0 aromatic heterocycles. The number of hydrogen-bond donors (Lipinski definition) is 0. The predicted molar refractivity (Wildman–Crippen MR) is 151 cm³/mol. The molecule has 188 valence electrons. The van der Waals surface area contributed by atoms with Crippen molar-refractivity contribution >= 4 is 22.7 Å². The van der Waals surface area contributed by atoms with Gasteiger partial charge in [-0.3, -0.25) is 0 Å². The highest BCUT2D eigenvalue weighted by Crippen LogP contribution is 2.38. The lowest BCUT2D eigenvalue weighted by molar-refractivity contribution is 0.239. The van der Waals surface area contributed by atoms with Gasteiger partial charge in [-0.2, -0.15) is 0 Å². The third-order valence-electron chi connectivity index (χ3n) is 7.42. The van der Waals surface area contributed by atoms with Crippen molar-refractivity contribution in [1.29, 1.82) is 0 Å². The van der Waals surface area contributed by atoms with Gasteiger partial charge in [-0.15, -0.1) is 0 Å². The van der Waals surface area contributed by atoms with E-state index in [0.717, 1.165) is 11.1 Å². The lowest BCUT2D eigenvalue weighted by Gasteiger charge is -2.36. The highest BCUT2D eigenvalue weighted by atomic mass is 28.4. The van der Waals surface area contributed by atoms with E-state index < -0.39 is 16.6 Å². The van der Waals surface area contributed by atoms with Gasteiger partial charge in [0.25, 0.3) is 0 Å². The van der Waals surface area contributed by atoms with E-state index in [2.05, 4.69) is 116 Å². The first-order chi connectivity index (χ1) is 15.6. The average molecular weight is 499 g/mol. The first-order valence-corrected chi connectivity index (χ1v) is 18.2. The minimum Gasteiger partial charge on any atom is -0.496 e. The van der Waals surface area contributed by atoms with Crippen molar-refractivity contribution in [2.75, 3.05) is 0 Å². The van der Waals surface area contributed by atoms with Crippen LogP contribution in [0.4, 0.5) is 0 Å². The van der Waals surface area contributed by atoms with Gasteiger partial charge < -0.3 is 13.6 Å². The van der Waals surface area contributed by atoms with E-state index in [1.54, 1.807) is 6.26 Å². The van der Waals surface area contributed by atoms with Crippen LogP contribution in [0.2, 0.25) is 36.3 Å². The third-order valence-corrected chi connectivity index (χ3v) is 16.4. The normalized spacial score (nSPS) is 13.5. The quantitative estimate of drug-likeness (QED) is 0.242. The summed E-state index contributed by atoms with van der Waals surface area (Å²) in [4.78, 5) is 0. The van der Waals surface area contributed by atoms with Crippen LogP contribution in [-0.2, 0) is 33.4 Å². The number of rotatable bonds is 10. The van der Waals surface area contributed by atoms with Crippen LogP contribution >= 0.6 is 0 Å². The summed E-state index contributed by atoms with van der Waals surface area (Å²) in [5.74, 6) is 0. The molecule has 0 amide bonds. The summed E-state index contributed by atoms with van der Waals surface area (Å²) in [6.45, 7) is 24.7. The first-order valence-electron chi connectivity index (χ1n) is 12.3. The molecule has 0 aliphatic heterocycles. The molecule has 0 saturated heterocycles. The second kappa shape index (κ2) is 11.4.